The molecule has 2 rings (SSSR count). The Bertz CT molecular complexity index is 470. The standard InChI is InChI=1S/C16H18ClNO/c17-18-12-10-15-6-8-16(9-7-15)19-13-11-14-4-2-1-3-5-14/h1-9,18H,10-13H2. The highest BCUT2D eigenvalue weighted by molar-refractivity contribution is 6.13. The molecule has 0 spiro atoms. The maximum atomic E-state index is 5.73. The van der Waals surface area contributed by atoms with E-state index in [1.165, 1.54) is 11.1 Å². The third-order valence-electron chi connectivity index (χ3n) is 2.93. The number of ether oxygens (including phenoxy) is 1. The van der Waals surface area contributed by atoms with E-state index < -0.39 is 0 Å². The number of halogens is 1. The molecule has 0 radical (unpaired) electrons. The van der Waals surface area contributed by atoms with Crippen molar-refractivity contribution in [3.05, 3.63) is 65.7 Å². The number of hydrogen-bond acceptors (Lipinski definition) is 2. The van der Waals surface area contributed by atoms with Crippen LogP contribution >= 0.6 is 11.8 Å². The largest absolute Gasteiger partial charge is 0.493 e. The molecule has 3 heteroatoms. The zero-order valence-corrected chi connectivity index (χ0v) is 11.6. The van der Waals surface area contributed by atoms with Crippen molar-refractivity contribution < 1.29 is 4.74 Å². The Labute approximate surface area is 119 Å². The minimum atomic E-state index is 0.701. The molecule has 0 unspecified atom stereocenters. The average molecular weight is 276 g/mol. The lowest BCUT2D eigenvalue weighted by molar-refractivity contribution is 0.322. The van der Waals surface area contributed by atoms with E-state index in [0.29, 0.717) is 6.61 Å². The summed E-state index contributed by atoms with van der Waals surface area (Å²) in [6.07, 6.45) is 1.85. The summed E-state index contributed by atoms with van der Waals surface area (Å²) in [5.41, 5.74) is 2.55. The monoisotopic (exact) mass is 275 g/mol. The summed E-state index contributed by atoms with van der Waals surface area (Å²) >= 11 is 5.43. The van der Waals surface area contributed by atoms with E-state index in [9.17, 15) is 0 Å². The molecule has 0 bridgehead atoms. The lowest BCUT2D eigenvalue weighted by atomic mass is 10.1. The van der Waals surface area contributed by atoms with Crippen LogP contribution in [0.15, 0.2) is 54.6 Å². The van der Waals surface area contributed by atoms with Crippen molar-refractivity contribution >= 4 is 11.8 Å². The molecule has 0 aliphatic heterocycles. The molecule has 0 saturated carbocycles. The van der Waals surface area contributed by atoms with E-state index in [1.807, 2.05) is 18.2 Å². The van der Waals surface area contributed by atoms with Crippen molar-refractivity contribution in [3.63, 3.8) is 0 Å². The molecule has 0 heterocycles. The Morgan fingerprint density at radius 3 is 2.21 bits per heavy atom. The highest BCUT2D eigenvalue weighted by Crippen LogP contribution is 2.13. The summed E-state index contributed by atoms with van der Waals surface area (Å²) in [5, 5.41) is 0. The molecule has 2 aromatic rings. The minimum absolute atomic E-state index is 0.701. The molecule has 19 heavy (non-hydrogen) atoms. The molecule has 0 atom stereocenters. The third kappa shape index (κ3) is 4.93. The van der Waals surface area contributed by atoms with Gasteiger partial charge in [-0.2, -0.15) is 0 Å². The predicted octanol–water partition coefficient (Wildman–Crippen LogP) is 3.59. The molecule has 2 nitrogen and oxygen atoms in total. The molecule has 0 amide bonds. The average Bonchev–Trinajstić information content (AvgIpc) is 2.47. The Hall–Kier alpha value is -1.51. The van der Waals surface area contributed by atoms with Crippen LogP contribution in [0.4, 0.5) is 0 Å². The van der Waals surface area contributed by atoms with Crippen LogP contribution in [-0.4, -0.2) is 13.2 Å². The van der Waals surface area contributed by atoms with Gasteiger partial charge in [0.1, 0.15) is 5.75 Å². The summed E-state index contributed by atoms with van der Waals surface area (Å²) < 4.78 is 5.73. The number of hydrogen-bond donors (Lipinski definition) is 1. The van der Waals surface area contributed by atoms with Gasteiger partial charge in [-0.05, 0) is 41.5 Å². The van der Waals surface area contributed by atoms with Crippen LogP contribution in [0.2, 0.25) is 0 Å². The van der Waals surface area contributed by atoms with Gasteiger partial charge in [-0.25, -0.2) is 4.84 Å². The van der Waals surface area contributed by atoms with Crippen LogP contribution in [0.25, 0.3) is 0 Å². The van der Waals surface area contributed by atoms with E-state index in [-0.39, 0.29) is 0 Å². The Morgan fingerprint density at radius 2 is 1.53 bits per heavy atom. The summed E-state index contributed by atoms with van der Waals surface area (Å²) in [5.74, 6) is 0.915. The predicted molar refractivity (Wildman–Crippen MR) is 79.6 cm³/mol. The Balaban J connectivity index is 1.77. The summed E-state index contributed by atoms with van der Waals surface area (Å²) in [7, 11) is 0. The zero-order valence-electron chi connectivity index (χ0n) is 10.8. The van der Waals surface area contributed by atoms with Crippen molar-refractivity contribution in [2.45, 2.75) is 12.8 Å². The zero-order chi connectivity index (χ0) is 13.3. The normalized spacial score (nSPS) is 10.4. The number of nitrogens with one attached hydrogen (secondary N) is 1. The summed E-state index contributed by atoms with van der Waals surface area (Å²) in [4.78, 5) is 2.62. The van der Waals surface area contributed by atoms with Gasteiger partial charge in [0.2, 0.25) is 0 Å². The van der Waals surface area contributed by atoms with E-state index in [2.05, 4.69) is 41.2 Å². The van der Waals surface area contributed by atoms with Gasteiger partial charge in [0, 0.05) is 13.0 Å². The summed E-state index contributed by atoms with van der Waals surface area (Å²) in [6, 6.07) is 18.5. The van der Waals surface area contributed by atoms with E-state index >= 15 is 0 Å². The first-order valence-corrected chi connectivity index (χ1v) is 6.85. The van der Waals surface area contributed by atoms with Crippen LogP contribution in [0.5, 0.6) is 5.75 Å². The fourth-order valence-corrected chi connectivity index (χ4v) is 1.97. The van der Waals surface area contributed by atoms with Crippen molar-refractivity contribution in [1.82, 2.24) is 4.84 Å². The number of rotatable bonds is 7. The molecule has 0 fully saturated rings. The van der Waals surface area contributed by atoms with Crippen molar-refractivity contribution in [2.75, 3.05) is 13.2 Å². The fourth-order valence-electron chi connectivity index (χ4n) is 1.88. The van der Waals surface area contributed by atoms with Crippen LogP contribution in [0, 0.1) is 0 Å². The Kier molecular flexibility index (Phi) is 5.73. The quantitative estimate of drug-likeness (QED) is 0.780. The van der Waals surface area contributed by atoms with Crippen LogP contribution in [0.3, 0.4) is 0 Å². The van der Waals surface area contributed by atoms with Crippen molar-refractivity contribution in [2.24, 2.45) is 0 Å². The molecule has 1 N–H and O–H groups in total. The van der Waals surface area contributed by atoms with Gasteiger partial charge in [0.15, 0.2) is 0 Å². The molecular formula is C16H18ClNO. The molecular weight excluding hydrogens is 258 g/mol. The molecule has 2 aromatic carbocycles. The van der Waals surface area contributed by atoms with E-state index in [1.54, 1.807) is 0 Å². The topological polar surface area (TPSA) is 21.3 Å². The first-order valence-electron chi connectivity index (χ1n) is 6.47. The SMILES string of the molecule is ClNCCc1ccc(OCCc2ccccc2)cc1. The van der Waals surface area contributed by atoms with Gasteiger partial charge in [-0.3, -0.25) is 0 Å². The molecule has 0 saturated heterocycles. The molecule has 0 aliphatic rings. The molecule has 0 aliphatic carbocycles. The lowest BCUT2D eigenvalue weighted by Crippen LogP contribution is -2.04. The van der Waals surface area contributed by atoms with Gasteiger partial charge in [0.05, 0.1) is 6.61 Å². The second-order valence-electron chi connectivity index (χ2n) is 4.36. The van der Waals surface area contributed by atoms with Gasteiger partial charge >= 0.3 is 0 Å². The minimum Gasteiger partial charge on any atom is -0.493 e. The number of benzene rings is 2. The van der Waals surface area contributed by atoms with Crippen LogP contribution < -0.4 is 9.57 Å². The maximum absolute atomic E-state index is 5.73. The van der Waals surface area contributed by atoms with Crippen molar-refractivity contribution in [1.29, 1.82) is 0 Å². The first kappa shape index (κ1) is 13.9. The lowest BCUT2D eigenvalue weighted by Gasteiger charge is -2.07. The second kappa shape index (κ2) is 7.82. The fraction of sp³-hybridized carbons (Fsp3) is 0.250. The van der Waals surface area contributed by atoms with Crippen LogP contribution in [-0.2, 0) is 12.8 Å². The van der Waals surface area contributed by atoms with E-state index in [4.69, 9.17) is 16.5 Å². The second-order valence-corrected chi connectivity index (χ2v) is 4.63. The highest BCUT2D eigenvalue weighted by atomic mass is 35.5. The van der Waals surface area contributed by atoms with Gasteiger partial charge < -0.3 is 4.74 Å². The molecule has 0 aromatic heterocycles. The summed E-state index contributed by atoms with van der Waals surface area (Å²) in [6.45, 7) is 1.47. The Morgan fingerprint density at radius 1 is 0.842 bits per heavy atom. The third-order valence-corrected chi connectivity index (χ3v) is 3.12. The van der Waals surface area contributed by atoms with E-state index in [0.717, 1.165) is 25.1 Å². The van der Waals surface area contributed by atoms with Gasteiger partial charge in [-0.1, -0.05) is 42.5 Å². The first-order chi connectivity index (χ1) is 9.38. The smallest absolute Gasteiger partial charge is 0.119 e. The van der Waals surface area contributed by atoms with Gasteiger partial charge in [-0.15, -0.1) is 0 Å². The van der Waals surface area contributed by atoms with Gasteiger partial charge in [0.25, 0.3) is 0 Å². The highest BCUT2D eigenvalue weighted by Gasteiger charge is 1.97. The van der Waals surface area contributed by atoms with Crippen molar-refractivity contribution in [3.8, 4) is 5.75 Å². The van der Waals surface area contributed by atoms with Crippen LogP contribution in [0.1, 0.15) is 11.1 Å². The molecule has 100 valence electrons. The maximum Gasteiger partial charge on any atom is 0.119 e.